The van der Waals surface area contributed by atoms with Crippen molar-refractivity contribution in [3.63, 3.8) is 0 Å². The quantitative estimate of drug-likeness (QED) is 0.863. The zero-order valence-corrected chi connectivity index (χ0v) is 11.3. The summed E-state index contributed by atoms with van der Waals surface area (Å²) >= 11 is 6.02. The molecule has 1 heterocycles. The molecule has 1 fully saturated rings. The molecule has 3 rings (SSSR count). The average Bonchev–Trinajstić information content (AvgIpc) is 3.23. The number of anilines is 2. The van der Waals surface area contributed by atoms with Crippen LogP contribution in [0, 0.1) is 0 Å². The van der Waals surface area contributed by atoms with Crippen molar-refractivity contribution in [2.24, 2.45) is 0 Å². The van der Waals surface area contributed by atoms with Gasteiger partial charge in [0.05, 0.1) is 7.11 Å². The Morgan fingerprint density at radius 2 is 1.95 bits per heavy atom. The van der Waals surface area contributed by atoms with Crippen molar-refractivity contribution < 1.29 is 4.74 Å². The molecular formula is C14H14ClN3O. The van der Waals surface area contributed by atoms with E-state index in [1.165, 1.54) is 0 Å². The van der Waals surface area contributed by atoms with Crippen LogP contribution < -0.4 is 10.1 Å². The summed E-state index contributed by atoms with van der Waals surface area (Å²) in [6.07, 6.45) is 2.31. The third-order valence-corrected chi connectivity index (χ3v) is 3.21. The van der Waals surface area contributed by atoms with Gasteiger partial charge in [-0.2, -0.15) is 0 Å². The molecule has 1 aromatic carbocycles. The number of hydrogen-bond donors (Lipinski definition) is 1. The topological polar surface area (TPSA) is 47.0 Å². The number of benzene rings is 1. The number of nitrogens with zero attached hydrogens (tertiary/aromatic N) is 2. The van der Waals surface area contributed by atoms with Gasteiger partial charge in [0.15, 0.2) is 0 Å². The van der Waals surface area contributed by atoms with Gasteiger partial charge in [0, 0.05) is 17.7 Å². The summed E-state index contributed by atoms with van der Waals surface area (Å²) in [6, 6.07) is 9.40. The van der Waals surface area contributed by atoms with Gasteiger partial charge in [-0.05, 0) is 37.1 Å². The third kappa shape index (κ3) is 2.96. The standard InChI is InChI=1S/C14H14ClN3O/c1-19-11-6-4-10(5-7-11)16-13-8-12(15)17-14(18-13)9-2-3-9/h4-9H,2-3H2,1H3,(H,16,17,18). The first-order valence-corrected chi connectivity index (χ1v) is 6.58. The molecule has 2 aromatic rings. The van der Waals surface area contributed by atoms with Crippen LogP contribution in [0.3, 0.4) is 0 Å². The number of methoxy groups -OCH3 is 1. The number of aromatic nitrogens is 2. The van der Waals surface area contributed by atoms with Crippen LogP contribution in [-0.4, -0.2) is 17.1 Å². The van der Waals surface area contributed by atoms with E-state index in [4.69, 9.17) is 16.3 Å². The van der Waals surface area contributed by atoms with E-state index in [2.05, 4.69) is 15.3 Å². The van der Waals surface area contributed by atoms with Gasteiger partial charge in [-0.3, -0.25) is 0 Å². The molecule has 98 valence electrons. The van der Waals surface area contributed by atoms with Crippen LogP contribution in [0.5, 0.6) is 5.75 Å². The maximum atomic E-state index is 6.02. The van der Waals surface area contributed by atoms with Crippen molar-refractivity contribution in [3.8, 4) is 5.75 Å². The largest absolute Gasteiger partial charge is 0.497 e. The molecule has 1 aliphatic carbocycles. The minimum absolute atomic E-state index is 0.480. The zero-order chi connectivity index (χ0) is 13.2. The SMILES string of the molecule is COc1ccc(Nc2cc(Cl)nc(C3CC3)n2)cc1. The predicted molar refractivity (Wildman–Crippen MR) is 75.3 cm³/mol. The lowest BCUT2D eigenvalue weighted by molar-refractivity contribution is 0.415. The van der Waals surface area contributed by atoms with Gasteiger partial charge in [-0.15, -0.1) is 0 Å². The Labute approximate surface area is 116 Å². The molecule has 1 saturated carbocycles. The van der Waals surface area contributed by atoms with Crippen LogP contribution in [0.1, 0.15) is 24.6 Å². The third-order valence-electron chi connectivity index (χ3n) is 3.02. The van der Waals surface area contributed by atoms with E-state index in [9.17, 15) is 0 Å². The Hall–Kier alpha value is -1.81. The smallest absolute Gasteiger partial charge is 0.135 e. The lowest BCUT2D eigenvalue weighted by atomic mass is 10.3. The van der Waals surface area contributed by atoms with Crippen molar-refractivity contribution in [3.05, 3.63) is 41.3 Å². The first-order valence-electron chi connectivity index (χ1n) is 6.20. The lowest BCUT2D eigenvalue weighted by Gasteiger charge is -2.08. The number of rotatable bonds is 4. The van der Waals surface area contributed by atoms with Gasteiger partial charge >= 0.3 is 0 Å². The van der Waals surface area contributed by atoms with E-state index in [-0.39, 0.29) is 0 Å². The maximum Gasteiger partial charge on any atom is 0.135 e. The molecule has 0 spiro atoms. The van der Waals surface area contributed by atoms with Gasteiger partial charge in [0.1, 0.15) is 22.5 Å². The van der Waals surface area contributed by atoms with Crippen LogP contribution in [0.4, 0.5) is 11.5 Å². The van der Waals surface area contributed by atoms with Crippen LogP contribution >= 0.6 is 11.6 Å². The van der Waals surface area contributed by atoms with Crippen LogP contribution in [-0.2, 0) is 0 Å². The van der Waals surface area contributed by atoms with Crippen molar-refractivity contribution in [2.75, 3.05) is 12.4 Å². The fraction of sp³-hybridized carbons (Fsp3) is 0.286. The Bertz CT molecular complexity index is 582. The van der Waals surface area contributed by atoms with E-state index >= 15 is 0 Å². The summed E-state index contributed by atoms with van der Waals surface area (Å²) in [7, 11) is 1.65. The fourth-order valence-electron chi connectivity index (χ4n) is 1.85. The minimum atomic E-state index is 0.480. The van der Waals surface area contributed by atoms with Crippen molar-refractivity contribution in [1.82, 2.24) is 9.97 Å². The lowest BCUT2D eigenvalue weighted by Crippen LogP contribution is -1.99. The Balaban J connectivity index is 1.81. The summed E-state index contributed by atoms with van der Waals surface area (Å²) in [5.41, 5.74) is 0.942. The Kier molecular flexibility index (Phi) is 3.25. The highest BCUT2D eigenvalue weighted by atomic mass is 35.5. The van der Waals surface area contributed by atoms with Gasteiger partial charge < -0.3 is 10.1 Å². The summed E-state index contributed by atoms with van der Waals surface area (Å²) < 4.78 is 5.12. The molecular weight excluding hydrogens is 262 g/mol. The highest BCUT2D eigenvalue weighted by Gasteiger charge is 2.27. The summed E-state index contributed by atoms with van der Waals surface area (Å²) in [6.45, 7) is 0. The molecule has 4 nitrogen and oxygen atoms in total. The predicted octanol–water partition coefficient (Wildman–Crippen LogP) is 3.76. The molecule has 1 aliphatic rings. The fourth-order valence-corrected chi connectivity index (χ4v) is 2.04. The van der Waals surface area contributed by atoms with E-state index in [0.717, 1.165) is 35.9 Å². The second kappa shape index (κ2) is 5.05. The number of ether oxygens (including phenoxy) is 1. The van der Waals surface area contributed by atoms with Gasteiger partial charge in [-0.1, -0.05) is 11.6 Å². The second-order valence-corrected chi connectivity index (χ2v) is 4.95. The van der Waals surface area contributed by atoms with E-state index in [0.29, 0.717) is 11.1 Å². The molecule has 0 saturated heterocycles. The average molecular weight is 276 g/mol. The summed E-state index contributed by atoms with van der Waals surface area (Å²) in [5.74, 6) is 2.87. The highest BCUT2D eigenvalue weighted by molar-refractivity contribution is 6.29. The molecule has 0 unspecified atom stereocenters. The summed E-state index contributed by atoms with van der Waals surface area (Å²) in [5, 5.41) is 3.71. The maximum absolute atomic E-state index is 6.02. The molecule has 0 atom stereocenters. The van der Waals surface area contributed by atoms with Gasteiger partial charge in [0.25, 0.3) is 0 Å². The minimum Gasteiger partial charge on any atom is -0.497 e. The normalized spacial score (nSPS) is 14.2. The Morgan fingerprint density at radius 3 is 2.58 bits per heavy atom. The van der Waals surface area contributed by atoms with Gasteiger partial charge in [0.2, 0.25) is 0 Å². The van der Waals surface area contributed by atoms with Crippen LogP contribution in [0.2, 0.25) is 5.15 Å². The molecule has 5 heteroatoms. The molecule has 0 radical (unpaired) electrons. The number of halogens is 1. The summed E-state index contributed by atoms with van der Waals surface area (Å²) in [4.78, 5) is 8.75. The highest BCUT2D eigenvalue weighted by Crippen LogP contribution is 2.39. The Morgan fingerprint density at radius 1 is 1.21 bits per heavy atom. The van der Waals surface area contributed by atoms with E-state index in [1.54, 1.807) is 13.2 Å². The molecule has 0 aliphatic heterocycles. The molecule has 0 amide bonds. The number of hydrogen-bond acceptors (Lipinski definition) is 4. The van der Waals surface area contributed by atoms with Crippen molar-refractivity contribution >= 4 is 23.1 Å². The second-order valence-electron chi connectivity index (χ2n) is 4.56. The molecule has 1 aromatic heterocycles. The first kappa shape index (κ1) is 12.2. The van der Waals surface area contributed by atoms with E-state index < -0.39 is 0 Å². The van der Waals surface area contributed by atoms with Crippen molar-refractivity contribution in [1.29, 1.82) is 0 Å². The molecule has 1 N–H and O–H groups in total. The molecule has 19 heavy (non-hydrogen) atoms. The monoisotopic (exact) mass is 275 g/mol. The number of nitrogens with one attached hydrogen (secondary N) is 1. The first-order chi connectivity index (χ1) is 9.24. The zero-order valence-electron chi connectivity index (χ0n) is 10.6. The van der Waals surface area contributed by atoms with E-state index in [1.807, 2.05) is 24.3 Å². The van der Waals surface area contributed by atoms with Crippen molar-refractivity contribution in [2.45, 2.75) is 18.8 Å². The van der Waals surface area contributed by atoms with Crippen LogP contribution in [0.25, 0.3) is 0 Å². The van der Waals surface area contributed by atoms with Gasteiger partial charge in [-0.25, -0.2) is 9.97 Å². The molecule has 0 bridgehead atoms. The van der Waals surface area contributed by atoms with Crippen LogP contribution in [0.15, 0.2) is 30.3 Å².